The van der Waals surface area contributed by atoms with Gasteiger partial charge >= 0.3 is 55.3 Å². The summed E-state index contributed by atoms with van der Waals surface area (Å²) in [6, 6.07) is 0. The fourth-order valence-corrected chi connectivity index (χ4v) is 4.22. The van der Waals surface area contributed by atoms with Crippen molar-refractivity contribution in [2.75, 3.05) is 0 Å². The second-order valence-corrected chi connectivity index (χ2v) is 10.4. The van der Waals surface area contributed by atoms with Gasteiger partial charge in [-0.05, 0) is 0 Å². The van der Waals surface area contributed by atoms with Crippen LogP contribution in [0.15, 0.2) is 178 Å². The Kier molecular flexibility index (Phi) is 14.6. The molecular formula is C36H24N6O12Ru+2. The third kappa shape index (κ3) is 11.7. The molecule has 0 aromatic carbocycles. The first-order chi connectivity index (χ1) is 25.7. The van der Waals surface area contributed by atoms with Crippen molar-refractivity contribution in [3.63, 3.8) is 0 Å². The van der Waals surface area contributed by atoms with E-state index in [4.69, 9.17) is 30.6 Å². The summed E-state index contributed by atoms with van der Waals surface area (Å²) in [5.41, 5.74) is 2.34. The van der Waals surface area contributed by atoms with Gasteiger partial charge in [-0.1, -0.05) is 72.9 Å². The molecule has 6 heterocycles. The molecule has 0 aromatic heterocycles. The maximum Gasteiger partial charge on any atom is 8.00 e. The number of allylic oxidation sites excluding steroid dienone is 6. The van der Waals surface area contributed by atoms with Crippen LogP contribution in [0.5, 0.6) is 0 Å². The van der Waals surface area contributed by atoms with Gasteiger partial charge in [-0.25, -0.2) is 28.8 Å². The maximum atomic E-state index is 10.8. The van der Waals surface area contributed by atoms with Crippen LogP contribution in [0.1, 0.15) is 0 Å². The van der Waals surface area contributed by atoms with Crippen LogP contribution >= 0.6 is 0 Å². The third-order valence-corrected chi connectivity index (χ3v) is 6.83. The molecule has 0 saturated heterocycles. The van der Waals surface area contributed by atoms with Crippen molar-refractivity contribution >= 4 is 35.8 Å². The zero-order chi connectivity index (χ0) is 39.4. The van der Waals surface area contributed by atoms with Crippen molar-refractivity contribution in [2.45, 2.75) is 0 Å². The summed E-state index contributed by atoms with van der Waals surface area (Å²) in [6.45, 7) is 0. The van der Waals surface area contributed by atoms with Crippen molar-refractivity contribution in [3.8, 4) is 0 Å². The monoisotopic (exact) mass is 834 g/mol. The molecule has 55 heavy (non-hydrogen) atoms. The molecule has 276 valence electrons. The van der Waals surface area contributed by atoms with Gasteiger partial charge in [0, 0.05) is 0 Å². The average molecular weight is 834 g/mol. The van der Waals surface area contributed by atoms with Gasteiger partial charge in [-0.2, -0.15) is 71.4 Å². The Labute approximate surface area is 323 Å². The molecule has 0 fully saturated rings. The van der Waals surface area contributed by atoms with E-state index in [0.29, 0.717) is 34.2 Å². The summed E-state index contributed by atoms with van der Waals surface area (Å²) < 4.78 is 0. The Morgan fingerprint density at radius 3 is 0.527 bits per heavy atom. The van der Waals surface area contributed by atoms with Crippen LogP contribution in [0.25, 0.3) is 31.9 Å². The molecule has 0 aliphatic carbocycles. The summed E-state index contributed by atoms with van der Waals surface area (Å²) in [5, 5.41) is 77.0. The van der Waals surface area contributed by atoms with Gasteiger partial charge in [0.05, 0.1) is 33.4 Å². The van der Waals surface area contributed by atoms with E-state index < -0.39 is 35.8 Å². The van der Waals surface area contributed by atoms with E-state index in [1.807, 2.05) is 0 Å². The Bertz CT molecular complexity index is 1790. The van der Waals surface area contributed by atoms with E-state index >= 15 is 0 Å². The Hall–Kier alpha value is -7.66. The quantitative estimate of drug-likeness (QED) is 0.166. The number of aliphatic carboxylic acids is 6. The summed E-state index contributed by atoms with van der Waals surface area (Å²) >= 11 is 0. The normalized spacial score (nSPS) is 21.2. The molecule has 6 N–H and O–H groups in total. The molecule has 0 radical (unpaired) electrons. The maximum absolute atomic E-state index is 10.8. The molecule has 6 rings (SSSR count). The Balaban J connectivity index is 0.000000220. The van der Waals surface area contributed by atoms with Crippen LogP contribution in [0.3, 0.4) is 0 Å². The molecule has 0 spiro atoms. The predicted octanol–water partition coefficient (Wildman–Crippen LogP) is 6.06. The first-order valence-corrected chi connectivity index (χ1v) is 14.9. The van der Waals surface area contributed by atoms with Crippen LogP contribution in [0, 0.1) is 0 Å². The van der Waals surface area contributed by atoms with Gasteiger partial charge < -0.3 is 62.5 Å². The van der Waals surface area contributed by atoms with Crippen molar-refractivity contribution in [3.05, 3.63) is 210 Å². The van der Waals surface area contributed by atoms with Gasteiger partial charge in [0.1, 0.15) is 0 Å². The van der Waals surface area contributed by atoms with E-state index in [1.54, 1.807) is 0 Å². The minimum atomic E-state index is -1.08. The Morgan fingerprint density at radius 2 is 0.418 bits per heavy atom. The second-order valence-electron chi connectivity index (χ2n) is 10.4. The molecule has 0 bridgehead atoms. The summed E-state index contributed by atoms with van der Waals surface area (Å²) in [5.74, 6) is -6.46. The minimum absolute atomic E-state index is 0. The predicted molar refractivity (Wildman–Crippen MR) is 190 cm³/mol. The van der Waals surface area contributed by atoms with Crippen LogP contribution in [-0.2, 0) is 48.2 Å². The van der Waals surface area contributed by atoms with Crippen molar-refractivity contribution in [2.24, 2.45) is 0 Å². The molecular weight excluding hydrogens is 809 g/mol. The molecule has 18 nitrogen and oxygen atoms in total. The molecule has 0 unspecified atom stereocenters. The zero-order valence-corrected chi connectivity index (χ0v) is 29.3. The van der Waals surface area contributed by atoms with Gasteiger partial charge in [-0.15, -0.1) is 0 Å². The van der Waals surface area contributed by atoms with E-state index in [0.717, 1.165) is 0 Å². The third-order valence-electron chi connectivity index (χ3n) is 6.83. The van der Waals surface area contributed by atoms with Gasteiger partial charge in [0.2, 0.25) is 0 Å². The van der Waals surface area contributed by atoms with Gasteiger partial charge in [-0.3, -0.25) is 0 Å². The number of carboxylic acid groups (broad SMARTS) is 6. The first kappa shape index (κ1) is 41.8. The van der Waals surface area contributed by atoms with E-state index in [1.165, 1.54) is 110 Å². The molecule has 0 amide bonds. The second kappa shape index (κ2) is 19.3. The average Bonchev–Trinajstić information content (AvgIpc) is 3.18. The number of rotatable bonds is 6. The van der Waals surface area contributed by atoms with Gasteiger partial charge in [0.15, 0.2) is 0 Å². The number of carboxylic acids is 6. The number of carbonyl (C=O) groups is 6. The van der Waals surface area contributed by atoms with E-state index in [9.17, 15) is 28.8 Å². The van der Waals surface area contributed by atoms with Crippen molar-refractivity contribution in [1.29, 1.82) is 0 Å². The number of hydrogen-bond acceptors (Lipinski definition) is 6. The standard InChI is InChI=1S/3C12H8N2O4.Ru/c3*15-11(16)7-1-3-13-9(5-7)10-6-8(12(17)18)2-4-14-10;/h3*1-6H,(H,15,16)(H,17,18);/q3*-2;+8. The largest absolute Gasteiger partial charge is 8.00 e. The van der Waals surface area contributed by atoms with Crippen LogP contribution in [0.2, 0.25) is 0 Å². The number of nitrogens with zero attached hydrogens (tertiary/aromatic N) is 6. The smallest absolute Gasteiger partial charge is 0.665 e. The summed E-state index contributed by atoms with van der Waals surface area (Å²) in [4.78, 5) is 64.9. The summed E-state index contributed by atoms with van der Waals surface area (Å²) in [7, 11) is 0. The van der Waals surface area contributed by atoms with Crippen LogP contribution < -0.4 is 0 Å². The molecule has 0 saturated carbocycles. The fourth-order valence-electron chi connectivity index (χ4n) is 4.22. The van der Waals surface area contributed by atoms with Crippen molar-refractivity contribution in [1.82, 2.24) is 0 Å². The van der Waals surface area contributed by atoms with Crippen LogP contribution in [0.4, 0.5) is 0 Å². The molecule has 6 aliphatic rings. The van der Waals surface area contributed by atoms with Crippen LogP contribution in [-0.4, -0.2) is 66.5 Å². The SMILES string of the molecule is O=C(O)C1=CC(=C2C=C(C(=O)O)C=C[N-]2)[N-]C=C1.O=C(O)C1=CC(=C2C=C(C(=O)O)C=C[N-]2)[N-]C=C1.O=C(O)C1=CC(=C2C=C(C(=O)O)C=C[N-]2)[N-]C=C1.[Ru+8]. The zero-order valence-electron chi connectivity index (χ0n) is 27.6. The fraction of sp³-hybridized carbons (Fsp3) is 0. The van der Waals surface area contributed by atoms with Crippen molar-refractivity contribution < 1.29 is 78.9 Å². The molecule has 6 aliphatic heterocycles. The van der Waals surface area contributed by atoms with E-state index in [2.05, 4.69) is 31.9 Å². The van der Waals surface area contributed by atoms with Gasteiger partial charge in [0.25, 0.3) is 0 Å². The summed E-state index contributed by atoms with van der Waals surface area (Å²) in [6.07, 6.45) is 24.2. The first-order valence-electron chi connectivity index (χ1n) is 14.9. The molecule has 19 heteroatoms. The molecule has 0 aromatic rings. The van der Waals surface area contributed by atoms with E-state index in [-0.39, 0.29) is 52.9 Å². The molecule has 0 atom stereocenters. The topological polar surface area (TPSA) is 308 Å². The number of hydrogen-bond donors (Lipinski definition) is 6. The Morgan fingerprint density at radius 1 is 0.291 bits per heavy atom. The minimum Gasteiger partial charge on any atom is -0.665 e.